The number of nitrogens with one attached hydrogen (secondary N) is 1. The van der Waals surface area contributed by atoms with Crippen LogP contribution in [0.2, 0.25) is 0 Å². The van der Waals surface area contributed by atoms with Gasteiger partial charge < -0.3 is 9.73 Å². The quantitative estimate of drug-likeness (QED) is 0.724. The minimum absolute atomic E-state index is 0.00586. The molecule has 3 rings (SSSR count). The summed E-state index contributed by atoms with van der Waals surface area (Å²) in [4.78, 5) is 24.5. The summed E-state index contributed by atoms with van der Waals surface area (Å²) < 4.78 is 6.53. The topological polar surface area (TPSA) is 59.3 Å². The van der Waals surface area contributed by atoms with Crippen LogP contribution in [-0.2, 0) is 0 Å². The molecule has 0 saturated heterocycles. The molecule has 0 unspecified atom stereocenters. The van der Waals surface area contributed by atoms with Gasteiger partial charge in [0.15, 0.2) is 11.2 Å². The van der Waals surface area contributed by atoms with Crippen LogP contribution in [0.1, 0.15) is 21.7 Å². The summed E-state index contributed by atoms with van der Waals surface area (Å²) in [6, 6.07) is 11.9. The van der Waals surface area contributed by atoms with Crippen LogP contribution in [-0.4, -0.2) is 5.91 Å². The number of rotatable bonds is 2. The standard InChI is InChI=1S/C18H14BrNO3/c1-10-7-14-15(21)9-17(23-16(14)8-11(10)2)18(22)20-13-5-3-12(19)4-6-13/h3-9H,1-2H3,(H,20,22). The van der Waals surface area contributed by atoms with E-state index in [1.807, 2.05) is 26.0 Å². The summed E-state index contributed by atoms with van der Waals surface area (Å²) in [6.45, 7) is 3.87. The Labute approximate surface area is 141 Å². The molecule has 116 valence electrons. The van der Waals surface area contributed by atoms with Crippen molar-refractivity contribution in [2.75, 3.05) is 5.32 Å². The Kier molecular flexibility index (Phi) is 4.05. The largest absolute Gasteiger partial charge is 0.451 e. The van der Waals surface area contributed by atoms with Gasteiger partial charge in [-0.25, -0.2) is 0 Å². The maximum absolute atomic E-state index is 12.3. The molecule has 1 N–H and O–H groups in total. The minimum atomic E-state index is -0.454. The molecule has 23 heavy (non-hydrogen) atoms. The Morgan fingerprint density at radius 2 is 1.70 bits per heavy atom. The second-order valence-corrected chi connectivity index (χ2v) is 6.28. The number of anilines is 1. The van der Waals surface area contributed by atoms with Gasteiger partial charge in [-0.1, -0.05) is 15.9 Å². The third-order valence-electron chi connectivity index (χ3n) is 3.67. The zero-order valence-electron chi connectivity index (χ0n) is 12.6. The van der Waals surface area contributed by atoms with Gasteiger partial charge in [-0.15, -0.1) is 0 Å². The summed E-state index contributed by atoms with van der Waals surface area (Å²) in [5.41, 5.74) is 2.83. The van der Waals surface area contributed by atoms with Crippen LogP contribution in [0.25, 0.3) is 11.0 Å². The van der Waals surface area contributed by atoms with E-state index in [-0.39, 0.29) is 11.2 Å². The van der Waals surface area contributed by atoms with E-state index in [2.05, 4.69) is 21.2 Å². The summed E-state index contributed by atoms with van der Waals surface area (Å²) in [7, 11) is 0. The predicted molar refractivity (Wildman–Crippen MR) is 94.1 cm³/mol. The lowest BCUT2D eigenvalue weighted by molar-refractivity contribution is 0.0997. The number of fused-ring (bicyclic) bond motifs is 1. The minimum Gasteiger partial charge on any atom is -0.451 e. The van der Waals surface area contributed by atoms with Crippen molar-refractivity contribution in [3.63, 3.8) is 0 Å². The van der Waals surface area contributed by atoms with Gasteiger partial charge in [0.1, 0.15) is 5.58 Å². The molecule has 3 aromatic rings. The van der Waals surface area contributed by atoms with Crippen molar-refractivity contribution in [2.24, 2.45) is 0 Å². The molecule has 0 radical (unpaired) electrons. The fourth-order valence-corrected chi connectivity index (χ4v) is 2.51. The number of hydrogen-bond acceptors (Lipinski definition) is 3. The van der Waals surface area contributed by atoms with Crippen molar-refractivity contribution >= 4 is 38.5 Å². The van der Waals surface area contributed by atoms with E-state index in [9.17, 15) is 9.59 Å². The molecule has 1 aromatic heterocycles. The van der Waals surface area contributed by atoms with Crippen molar-refractivity contribution in [2.45, 2.75) is 13.8 Å². The van der Waals surface area contributed by atoms with Gasteiger partial charge >= 0.3 is 0 Å². The first-order chi connectivity index (χ1) is 10.9. The SMILES string of the molecule is Cc1cc2oc(C(=O)Nc3ccc(Br)cc3)cc(=O)c2cc1C. The molecule has 0 spiro atoms. The van der Waals surface area contributed by atoms with E-state index in [1.54, 1.807) is 24.3 Å². The van der Waals surface area contributed by atoms with Gasteiger partial charge in [-0.05, 0) is 61.4 Å². The first-order valence-corrected chi connectivity index (χ1v) is 7.85. The Morgan fingerprint density at radius 3 is 2.39 bits per heavy atom. The number of carbonyl (C=O) groups excluding carboxylic acids is 1. The first kappa shape index (κ1) is 15.5. The summed E-state index contributed by atoms with van der Waals surface area (Å²) >= 11 is 3.33. The number of hydrogen-bond donors (Lipinski definition) is 1. The van der Waals surface area contributed by atoms with E-state index in [4.69, 9.17) is 4.42 Å². The summed E-state index contributed by atoms with van der Waals surface area (Å²) in [5.74, 6) is -0.460. The molecule has 1 amide bonds. The lowest BCUT2D eigenvalue weighted by atomic mass is 10.1. The second-order valence-electron chi connectivity index (χ2n) is 5.37. The highest BCUT2D eigenvalue weighted by molar-refractivity contribution is 9.10. The second kappa shape index (κ2) is 6.01. The monoisotopic (exact) mass is 371 g/mol. The highest BCUT2D eigenvalue weighted by atomic mass is 79.9. The number of benzene rings is 2. The Morgan fingerprint density at radius 1 is 1.04 bits per heavy atom. The fraction of sp³-hybridized carbons (Fsp3) is 0.111. The fourth-order valence-electron chi connectivity index (χ4n) is 2.25. The van der Waals surface area contributed by atoms with Crippen molar-refractivity contribution < 1.29 is 9.21 Å². The zero-order valence-corrected chi connectivity index (χ0v) is 14.2. The van der Waals surface area contributed by atoms with Crippen LogP contribution in [0.5, 0.6) is 0 Å². The van der Waals surface area contributed by atoms with Gasteiger partial charge in [0.25, 0.3) is 5.91 Å². The molecular weight excluding hydrogens is 358 g/mol. The van der Waals surface area contributed by atoms with E-state index in [1.165, 1.54) is 6.07 Å². The van der Waals surface area contributed by atoms with Gasteiger partial charge in [0.05, 0.1) is 5.39 Å². The van der Waals surface area contributed by atoms with Crippen LogP contribution >= 0.6 is 15.9 Å². The van der Waals surface area contributed by atoms with E-state index >= 15 is 0 Å². The smallest absolute Gasteiger partial charge is 0.291 e. The number of amides is 1. The third kappa shape index (κ3) is 3.19. The number of halogens is 1. The molecular formula is C18H14BrNO3. The molecule has 0 fully saturated rings. The molecule has 0 aliphatic heterocycles. The Balaban J connectivity index is 1.99. The number of aryl methyl sites for hydroxylation is 2. The van der Waals surface area contributed by atoms with Crippen molar-refractivity contribution in [1.29, 1.82) is 0 Å². The van der Waals surface area contributed by atoms with Crippen LogP contribution in [0.15, 0.2) is 56.1 Å². The van der Waals surface area contributed by atoms with Crippen LogP contribution in [0.4, 0.5) is 5.69 Å². The molecule has 0 aliphatic carbocycles. The Bertz CT molecular complexity index is 958. The summed E-state index contributed by atoms with van der Waals surface area (Å²) in [5, 5.41) is 3.19. The molecule has 5 heteroatoms. The van der Waals surface area contributed by atoms with Crippen molar-refractivity contribution in [3.8, 4) is 0 Å². The van der Waals surface area contributed by atoms with Gasteiger partial charge in [0.2, 0.25) is 0 Å². The summed E-state index contributed by atoms with van der Waals surface area (Å²) in [6.07, 6.45) is 0. The molecule has 2 aromatic carbocycles. The Hall–Kier alpha value is -2.40. The van der Waals surface area contributed by atoms with Crippen LogP contribution in [0.3, 0.4) is 0 Å². The number of carbonyl (C=O) groups is 1. The lowest BCUT2D eigenvalue weighted by Crippen LogP contribution is -2.15. The van der Waals surface area contributed by atoms with Gasteiger partial charge in [-0.3, -0.25) is 9.59 Å². The molecule has 0 saturated carbocycles. The lowest BCUT2D eigenvalue weighted by Gasteiger charge is -2.07. The van der Waals surface area contributed by atoms with E-state index in [0.29, 0.717) is 16.7 Å². The maximum Gasteiger partial charge on any atom is 0.291 e. The highest BCUT2D eigenvalue weighted by Crippen LogP contribution is 2.19. The predicted octanol–water partition coefficient (Wildman–Crippen LogP) is 4.42. The maximum atomic E-state index is 12.3. The molecule has 1 heterocycles. The average Bonchev–Trinajstić information content (AvgIpc) is 2.51. The molecule has 0 aliphatic rings. The zero-order chi connectivity index (χ0) is 16.6. The van der Waals surface area contributed by atoms with E-state index < -0.39 is 5.91 Å². The van der Waals surface area contributed by atoms with Crippen molar-refractivity contribution in [3.05, 3.63) is 74.0 Å². The van der Waals surface area contributed by atoms with Crippen LogP contribution < -0.4 is 10.7 Å². The third-order valence-corrected chi connectivity index (χ3v) is 4.20. The van der Waals surface area contributed by atoms with E-state index in [0.717, 1.165) is 15.6 Å². The van der Waals surface area contributed by atoms with Crippen molar-refractivity contribution in [1.82, 2.24) is 0 Å². The molecule has 0 atom stereocenters. The van der Waals surface area contributed by atoms with Gasteiger partial charge in [0, 0.05) is 16.2 Å². The molecule has 0 bridgehead atoms. The van der Waals surface area contributed by atoms with Crippen LogP contribution in [0, 0.1) is 13.8 Å². The average molecular weight is 372 g/mol. The normalized spacial score (nSPS) is 10.7. The first-order valence-electron chi connectivity index (χ1n) is 7.06. The van der Waals surface area contributed by atoms with Gasteiger partial charge in [-0.2, -0.15) is 0 Å². The highest BCUT2D eigenvalue weighted by Gasteiger charge is 2.13. The molecule has 4 nitrogen and oxygen atoms in total.